The molecule has 0 aromatic carbocycles. The van der Waals surface area contributed by atoms with E-state index >= 15 is 0 Å². The smallest absolute Gasteiger partial charge is 0.0433 e. The summed E-state index contributed by atoms with van der Waals surface area (Å²) in [5, 5.41) is 0. The third kappa shape index (κ3) is 17.8. The van der Waals surface area contributed by atoms with Gasteiger partial charge in [0.05, 0.1) is 0 Å². The molecular weight excluding hydrogens is 138 g/mol. The van der Waals surface area contributed by atoms with Crippen LogP contribution < -0.4 is 0 Å². The summed E-state index contributed by atoms with van der Waals surface area (Å²) in [5.74, 6) is 0. The maximum absolute atomic E-state index is 4.54. The van der Waals surface area contributed by atoms with Crippen molar-refractivity contribution in [3.05, 3.63) is 0 Å². The zero-order valence-electron chi connectivity index (χ0n) is 8.68. The zero-order chi connectivity index (χ0) is 9.11. The summed E-state index contributed by atoms with van der Waals surface area (Å²) in [6.07, 6.45) is 1.27. The van der Waals surface area contributed by atoms with Crippen molar-refractivity contribution in [3.8, 4) is 0 Å². The van der Waals surface area contributed by atoms with Crippen molar-refractivity contribution in [1.29, 1.82) is 0 Å². The van der Waals surface area contributed by atoms with E-state index in [1.807, 2.05) is 6.92 Å². The lowest BCUT2D eigenvalue weighted by atomic mass is 10.4. The quantitative estimate of drug-likeness (QED) is 0.625. The lowest BCUT2D eigenvalue weighted by molar-refractivity contribution is 0.215. The maximum atomic E-state index is 4.54. The van der Waals surface area contributed by atoms with Gasteiger partial charge in [0.25, 0.3) is 0 Å². The predicted molar refractivity (Wildman–Crippen MR) is 51.0 cm³/mol. The third-order valence-electron chi connectivity index (χ3n) is 1.43. The summed E-state index contributed by atoms with van der Waals surface area (Å²) in [5.41, 5.74) is 0. The molecule has 0 rings (SSSR count). The molecule has 0 fully saturated rings. The average Bonchev–Trinajstić information content (AvgIpc) is 2.05. The minimum absolute atomic E-state index is 0.819. The summed E-state index contributed by atoms with van der Waals surface area (Å²) in [7, 11) is 3.82. The Morgan fingerprint density at radius 2 is 1.64 bits per heavy atom. The van der Waals surface area contributed by atoms with Crippen LogP contribution in [-0.4, -0.2) is 38.8 Å². The van der Waals surface area contributed by atoms with Gasteiger partial charge in [0.1, 0.15) is 0 Å². The topological polar surface area (TPSA) is 12.5 Å². The molecule has 11 heavy (non-hydrogen) atoms. The molecule has 0 bridgehead atoms. The van der Waals surface area contributed by atoms with Gasteiger partial charge in [-0.3, -0.25) is 0 Å². The van der Waals surface area contributed by atoms with Crippen molar-refractivity contribution < 1.29 is 4.74 Å². The summed E-state index contributed by atoms with van der Waals surface area (Å²) in [4.78, 5) is 2.31. The first-order valence-electron chi connectivity index (χ1n) is 4.40. The zero-order valence-corrected chi connectivity index (χ0v) is 8.68. The molecule has 0 aliphatic heterocycles. The maximum Gasteiger partial charge on any atom is 0.0433 e. The Morgan fingerprint density at radius 1 is 1.18 bits per heavy atom. The number of hydrogen-bond acceptors (Lipinski definition) is 2. The molecule has 0 heterocycles. The Kier molecular flexibility index (Phi) is 15.4. The van der Waals surface area contributed by atoms with Crippen molar-refractivity contribution in [2.75, 3.05) is 33.9 Å². The van der Waals surface area contributed by atoms with Crippen molar-refractivity contribution in [2.45, 2.75) is 27.2 Å². The van der Waals surface area contributed by atoms with Gasteiger partial charge in [-0.1, -0.05) is 13.8 Å². The number of rotatable bonds is 4. The molecule has 0 unspecified atom stereocenters. The van der Waals surface area contributed by atoms with Gasteiger partial charge >= 0.3 is 0 Å². The molecule has 0 saturated carbocycles. The van der Waals surface area contributed by atoms with Gasteiger partial charge in [-0.15, -0.1) is 0 Å². The van der Waals surface area contributed by atoms with Gasteiger partial charge in [0.2, 0.25) is 0 Å². The highest BCUT2D eigenvalue weighted by molar-refractivity contribution is 4.41. The first-order valence-corrected chi connectivity index (χ1v) is 4.40. The Hall–Kier alpha value is -0.0800. The molecule has 70 valence electrons. The molecule has 0 N–H and O–H groups in total. The van der Waals surface area contributed by atoms with Crippen LogP contribution in [0.1, 0.15) is 27.2 Å². The van der Waals surface area contributed by atoms with E-state index in [1.165, 1.54) is 19.5 Å². The summed E-state index contributed by atoms with van der Waals surface area (Å²) < 4.78 is 4.54. The molecule has 2 heteroatoms. The van der Waals surface area contributed by atoms with Crippen molar-refractivity contribution in [1.82, 2.24) is 4.90 Å². The van der Waals surface area contributed by atoms with Crippen LogP contribution in [0.4, 0.5) is 0 Å². The highest BCUT2D eigenvalue weighted by Crippen LogP contribution is 1.82. The van der Waals surface area contributed by atoms with E-state index in [0.29, 0.717) is 0 Å². The standard InChI is InChI=1S/C6H15N.C3H8O/c1-4-6-7(3)5-2;1-3-4-2/h4-6H2,1-3H3;3H2,1-2H3. The van der Waals surface area contributed by atoms with Crippen LogP contribution in [0.2, 0.25) is 0 Å². The second-order valence-electron chi connectivity index (χ2n) is 2.47. The Morgan fingerprint density at radius 3 is 1.73 bits per heavy atom. The second kappa shape index (κ2) is 12.6. The molecule has 0 saturated heterocycles. The highest BCUT2D eigenvalue weighted by atomic mass is 16.5. The van der Waals surface area contributed by atoms with E-state index in [-0.39, 0.29) is 0 Å². The van der Waals surface area contributed by atoms with Crippen molar-refractivity contribution >= 4 is 0 Å². The van der Waals surface area contributed by atoms with Crippen LogP contribution in [0.25, 0.3) is 0 Å². The molecule has 0 aromatic heterocycles. The monoisotopic (exact) mass is 161 g/mol. The van der Waals surface area contributed by atoms with Crippen LogP contribution in [0, 0.1) is 0 Å². The Balaban J connectivity index is 0. The molecule has 0 aliphatic rings. The second-order valence-corrected chi connectivity index (χ2v) is 2.47. The van der Waals surface area contributed by atoms with Gasteiger partial charge in [-0.25, -0.2) is 0 Å². The normalized spacial score (nSPS) is 9.27. The molecule has 0 aliphatic carbocycles. The molecule has 0 amide bonds. The first kappa shape index (κ1) is 13.5. The van der Waals surface area contributed by atoms with Gasteiger partial charge in [-0.2, -0.15) is 0 Å². The predicted octanol–water partition coefficient (Wildman–Crippen LogP) is 2.00. The van der Waals surface area contributed by atoms with E-state index in [1.54, 1.807) is 7.11 Å². The summed E-state index contributed by atoms with van der Waals surface area (Å²) >= 11 is 0. The molecule has 0 radical (unpaired) electrons. The average molecular weight is 161 g/mol. The Bertz CT molecular complexity index is 55.5. The minimum Gasteiger partial charge on any atom is -0.385 e. The van der Waals surface area contributed by atoms with Crippen LogP contribution in [0.15, 0.2) is 0 Å². The fourth-order valence-corrected chi connectivity index (χ4v) is 0.540. The fourth-order valence-electron chi connectivity index (χ4n) is 0.540. The lowest BCUT2D eigenvalue weighted by Gasteiger charge is -2.10. The number of nitrogens with zero attached hydrogens (tertiary/aromatic N) is 1. The number of ether oxygens (including phenoxy) is 1. The van der Waals surface area contributed by atoms with Gasteiger partial charge in [0, 0.05) is 13.7 Å². The molecular formula is C9H23NO. The van der Waals surface area contributed by atoms with E-state index in [0.717, 1.165) is 6.61 Å². The van der Waals surface area contributed by atoms with E-state index in [2.05, 4.69) is 30.5 Å². The van der Waals surface area contributed by atoms with Crippen LogP contribution >= 0.6 is 0 Å². The SMILES string of the molecule is CCCN(C)CC.CCOC. The van der Waals surface area contributed by atoms with Crippen LogP contribution in [-0.2, 0) is 4.74 Å². The van der Waals surface area contributed by atoms with Gasteiger partial charge < -0.3 is 9.64 Å². The lowest BCUT2D eigenvalue weighted by Crippen LogP contribution is -2.17. The van der Waals surface area contributed by atoms with Crippen LogP contribution in [0.3, 0.4) is 0 Å². The Labute approximate surface area is 71.5 Å². The molecule has 0 spiro atoms. The van der Waals surface area contributed by atoms with Gasteiger partial charge in [0.15, 0.2) is 0 Å². The van der Waals surface area contributed by atoms with E-state index in [9.17, 15) is 0 Å². The highest BCUT2D eigenvalue weighted by Gasteiger charge is 1.86. The first-order chi connectivity index (χ1) is 5.22. The van der Waals surface area contributed by atoms with Crippen molar-refractivity contribution in [3.63, 3.8) is 0 Å². The third-order valence-corrected chi connectivity index (χ3v) is 1.43. The van der Waals surface area contributed by atoms with Crippen LogP contribution in [0.5, 0.6) is 0 Å². The molecule has 2 nitrogen and oxygen atoms in total. The van der Waals surface area contributed by atoms with Crippen molar-refractivity contribution in [2.24, 2.45) is 0 Å². The number of methoxy groups -OCH3 is 1. The fraction of sp³-hybridized carbons (Fsp3) is 1.00. The molecule has 0 aromatic rings. The summed E-state index contributed by atoms with van der Waals surface area (Å²) in [6, 6.07) is 0. The summed E-state index contributed by atoms with van der Waals surface area (Å²) in [6.45, 7) is 9.56. The van der Waals surface area contributed by atoms with Gasteiger partial charge in [-0.05, 0) is 33.5 Å². The van der Waals surface area contributed by atoms with E-state index < -0.39 is 0 Å². The number of hydrogen-bond donors (Lipinski definition) is 0. The minimum atomic E-state index is 0.819. The molecule has 0 atom stereocenters. The van der Waals surface area contributed by atoms with E-state index in [4.69, 9.17) is 0 Å². The largest absolute Gasteiger partial charge is 0.385 e.